The van der Waals surface area contributed by atoms with Crippen LogP contribution in [-0.2, 0) is 6.42 Å². The number of nitrogens with zero attached hydrogens (tertiary/aromatic N) is 3. The summed E-state index contributed by atoms with van der Waals surface area (Å²) in [6.45, 7) is 2.68. The van der Waals surface area contributed by atoms with Crippen molar-refractivity contribution in [1.82, 2.24) is 15.0 Å². The average Bonchev–Trinajstić information content (AvgIpc) is 2.75. The molecular formula is C21H25N5O2. The van der Waals surface area contributed by atoms with Gasteiger partial charge in [0.05, 0.1) is 19.4 Å². The maximum Gasteiger partial charge on any atom is 0.129 e. The topological polar surface area (TPSA) is 92.2 Å². The molecule has 3 rings (SSSR count). The first-order valence-electron chi connectivity index (χ1n) is 9.21. The highest BCUT2D eigenvalue weighted by molar-refractivity contribution is 5.62. The van der Waals surface area contributed by atoms with Crippen LogP contribution < -0.4 is 15.4 Å². The predicted octanol–water partition coefficient (Wildman–Crippen LogP) is 2.99. The molecule has 0 aliphatic rings. The lowest BCUT2D eigenvalue weighted by molar-refractivity contribution is 0.281. The molecule has 146 valence electrons. The van der Waals surface area contributed by atoms with Gasteiger partial charge in [-0.3, -0.25) is 0 Å². The molecule has 0 radical (unpaired) electrons. The Balaban J connectivity index is 1.62. The van der Waals surface area contributed by atoms with Crippen LogP contribution in [0.15, 0.2) is 55.0 Å². The number of aromatic nitrogens is 3. The number of hydrogen-bond acceptors (Lipinski definition) is 7. The second kappa shape index (κ2) is 9.66. The Hall–Kier alpha value is -3.19. The van der Waals surface area contributed by atoms with E-state index in [9.17, 15) is 0 Å². The Morgan fingerprint density at radius 1 is 1.07 bits per heavy atom. The molecule has 0 bridgehead atoms. The molecule has 2 aromatic heterocycles. The van der Waals surface area contributed by atoms with Crippen molar-refractivity contribution in [3.05, 3.63) is 60.6 Å². The number of methoxy groups -OCH3 is 1. The fraction of sp³-hybridized carbons (Fsp3) is 0.286. The molecular weight excluding hydrogens is 354 g/mol. The number of rotatable bonds is 9. The van der Waals surface area contributed by atoms with Crippen molar-refractivity contribution in [1.29, 1.82) is 0 Å². The summed E-state index contributed by atoms with van der Waals surface area (Å²) in [5.74, 6) is 2.37. The number of ether oxygens (including phenoxy) is 1. The highest BCUT2D eigenvalue weighted by Crippen LogP contribution is 2.20. The minimum Gasteiger partial charge on any atom is -0.496 e. The molecule has 3 aromatic rings. The number of aliphatic hydroxyl groups is 1. The van der Waals surface area contributed by atoms with E-state index >= 15 is 0 Å². The van der Waals surface area contributed by atoms with Gasteiger partial charge in [0.25, 0.3) is 0 Å². The normalized spacial score (nSPS) is 11.7. The van der Waals surface area contributed by atoms with Gasteiger partial charge in [-0.05, 0) is 37.1 Å². The summed E-state index contributed by atoms with van der Waals surface area (Å²) in [6.07, 6.45) is 4.13. The minimum atomic E-state index is -0.0450. The van der Waals surface area contributed by atoms with E-state index in [4.69, 9.17) is 9.84 Å². The van der Waals surface area contributed by atoms with E-state index in [2.05, 4.69) is 31.7 Å². The molecule has 0 fully saturated rings. The first-order valence-corrected chi connectivity index (χ1v) is 9.21. The lowest BCUT2D eigenvalue weighted by Gasteiger charge is -2.12. The molecule has 0 amide bonds. The Bertz CT molecular complexity index is 886. The zero-order valence-corrected chi connectivity index (χ0v) is 16.1. The van der Waals surface area contributed by atoms with Crippen molar-refractivity contribution >= 4 is 11.6 Å². The van der Waals surface area contributed by atoms with Crippen molar-refractivity contribution in [2.45, 2.75) is 19.4 Å². The van der Waals surface area contributed by atoms with Gasteiger partial charge in [0, 0.05) is 30.4 Å². The second-order valence-electron chi connectivity index (χ2n) is 6.44. The van der Waals surface area contributed by atoms with Gasteiger partial charge in [0.1, 0.15) is 23.7 Å². The third kappa shape index (κ3) is 5.17. The van der Waals surface area contributed by atoms with E-state index in [0.29, 0.717) is 0 Å². The number of aliphatic hydroxyl groups excluding tert-OH is 1. The van der Waals surface area contributed by atoms with Gasteiger partial charge >= 0.3 is 0 Å². The summed E-state index contributed by atoms with van der Waals surface area (Å²) < 4.78 is 5.39. The van der Waals surface area contributed by atoms with Crippen molar-refractivity contribution < 1.29 is 9.84 Å². The van der Waals surface area contributed by atoms with Crippen molar-refractivity contribution in [2.75, 3.05) is 30.9 Å². The van der Waals surface area contributed by atoms with Crippen LogP contribution in [0.5, 0.6) is 5.75 Å². The minimum absolute atomic E-state index is 0.0450. The summed E-state index contributed by atoms with van der Waals surface area (Å²) >= 11 is 0. The fourth-order valence-corrected chi connectivity index (χ4v) is 2.78. The summed E-state index contributed by atoms with van der Waals surface area (Å²) in [5, 5.41) is 15.6. The first-order chi connectivity index (χ1) is 13.7. The third-order valence-corrected chi connectivity index (χ3v) is 4.29. The molecule has 0 aliphatic carbocycles. The molecule has 3 N–H and O–H groups in total. The molecule has 1 atom stereocenters. The molecule has 0 aliphatic heterocycles. The van der Waals surface area contributed by atoms with E-state index in [1.165, 1.54) is 0 Å². The van der Waals surface area contributed by atoms with Crippen LogP contribution in [-0.4, -0.2) is 46.4 Å². The summed E-state index contributed by atoms with van der Waals surface area (Å²) in [7, 11) is 1.68. The second-order valence-corrected chi connectivity index (χ2v) is 6.44. The van der Waals surface area contributed by atoms with Gasteiger partial charge in [0.15, 0.2) is 0 Å². The van der Waals surface area contributed by atoms with Gasteiger partial charge in [-0.25, -0.2) is 15.0 Å². The summed E-state index contributed by atoms with van der Waals surface area (Å²) in [6, 6.07) is 13.7. The molecule has 0 spiro atoms. The van der Waals surface area contributed by atoms with E-state index < -0.39 is 0 Å². The molecule has 7 nitrogen and oxygen atoms in total. The van der Waals surface area contributed by atoms with Crippen LogP contribution in [0.25, 0.3) is 11.3 Å². The highest BCUT2D eigenvalue weighted by Gasteiger charge is 2.06. The van der Waals surface area contributed by atoms with Crippen LogP contribution in [0.4, 0.5) is 11.6 Å². The summed E-state index contributed by atoms with van der Waals surface area (Å²) in [4.78, 5) is 13.0. The lowest BCUT2D eigenvalue weighted by atomic mass is 10.1. The van der Waals surface area contributed by atoms with E-state index in [1.807, 2.05) is 43.3 Å². The number of para-hydroxylation sites is 1. The van der Waals surface area contributed by atoms with Gasteiger partial charge in [-0.15, -0.1) is 0 Å². The Labute approximate surface area is 164 Å². The quantitative estimate of drug-likeness (QED) is 0.526. The largest absolute Gasteiger partial charge is 0.496 e. The maximum absolute atomic E-state index is 9.11. The van der Waals surface area contributed by atoms with Gasteiger partial charge in [0.2, 0.25) is 0 Å². The number of nitrogens with one attached hydrogen (secondary N) is 2. The predicted molar refractivity (Wildman–Crippen MR) is 111 cm³/mol. The molecule has 7 heteroatoms. The van der Waals surface area contributed by atoms with Crippen LogP contribution >= 0.6 is 0 Å². The fourth-order valence-electron chi connectivity index (χ4n) is 2.78. The van der Waals surface area contributed by atoms with Gasteiger partial charge < -0.3 is 20.5 Å². The molecule has 0 unspecified atom stereocenters. The molecule has 2 heterocycles. The summed E-state index contributed by atoms with van der Waals surface area (Å²) in [5.41, 5.74) is 2.85. The molecule has 0 saturated heterocycles. The Morgan fingerprint density at radius 3 is 2.68 bits per heavy atom. The smallest absolute Gasteiger partial charge is 0.129 e. The van der Waals surface area contributed by atoms with E-state index in [1.54, 1.807) is 19.6 Å². The zero-order chi connectivity index (χ0) is 19.8. The van der Waals surface area contributed by atoms with Crippen molar-refractivity contribution in [3.8, 4) is 17.0 Å². The SMILES string of the molecule is COc1ccccc1CCNc1cc(-c2ccc(N[C@@H](C)CO)nc2)ncn1. The zero-order valence-electron chi connectivity index (χ0n) is 16.1. The van der Waals surface area contributed by atoms with Crippen molar-refractivity contribution in [2.24, 2.45) is 0 Å². The number of benzene rings is 1. The van der Waals surface area contributed by atoms with Gasteiger partial charge in [-0.1, -0.05) is 18.2 Å². The maximum atomic E-state index is 9.11. The third-order valence-electron chi connectivity index (χ3n) is 4.29. The molecule has 1 aromatic carbocycles. The highest BCUT2D eigenvalue weighted by atomic mass is 16.5. The Morgan fingerprint density at radius 2 is 1.93 bits per heavy atom. The van der Waals surface area contributed by atoms with E-state index in [-0.39, 0.29) is 12.6 Å². The van der Waals surface area contributed by atoms with Crippen LogP contribution in [0.1, 0.15) is 12.5 Å². The molecule has 0 saturated carbocycles. The van der Waals surface area contributed by atoms with Crippen LogP contribution in [0, 0.1) is 0 Å². The Kier molecular flexibility index (Phi) is 6.75. The van der Waals surface area contributed by atoms with Crippen molar-refractivity contribution in [3.63, 3.8) is 0 Å². The lowest BCUT2D eigenvalue weighted by Crippen LogP contribution is -2.19. The first kappa shape index (κ1) is 19.6. The number of pyridine rings is 1. The van der Waals surface area contributed by atoms with E-state index in [0.717, 1.165) is 47.2 Å². The standard InChI is InChI=1S/C21H25N5O2/c1-15(13-27)26-20-8-7-17(12-23-20)18-11-21(25-14-24-18)22-10-9-16-5-3-4-6-19(16)28-2/h3-8,11-12,14-15,27H,9-10,13H2,1-2H3,(H,23,26)(H,22,24,25)/t15-/m0/s1. The number of anilines is 2. The van der Waals surface area contributed by atoms with Crippen LogP contribution in [0.3, 0.4) is 0 Å². The van der Waals surface area contributed by atoms with Crippen LogP contribution in [0.2, 0.25) is 0 Å². The number of hydrogen-bond donors (Lipinski definition) is 3. The monoisotopic (exact) mass is 379 g/mol. The van der Waals surface area contributed by atoms with Gasteiger partial charge in [-0.2, -0.15) is 0 Å². The average molecular weight is 379 g/mol. The molecule has 28 heavy (non-hydrogen) atoms.